The molecule has 11 nitrogen and oxygen atoms in total. The minimum atomic E-state index is -1.15. The van der Waals surface area contributed by atoms with Gasteiger partial charge in [0.1, 0.15) is 41.2 Å². The van der Waals surface area contributed by atoms with Gasteiger partial charge in [-0.25, -0.2) is 4.79 Å². The number of carbonyl (C=O) groups is 1. The van der Waals surface area contributed by atoms with Crippen molar-refractivity contribution < 1.29 is 33.6 Å². The number of hydrogen-bond acceptors (Lipinski definition) is 9. The number of carbonyl (C=O) groups excluding carboxylic acids is 1. The van der Waals surface area contributed by atoms with E-state index in [1.807, 2.05) is 84.9 Å². The van der Waals surface area contributed by atoms with E-state index in [0.29, 0.717) is 42.1 Å². The third-order valence-corrected chi connectivity index (χ3v) is 10.1. The fraction of sp³-hybridized carbons (Fsp3) is 0.310. The van der Waals surface area contributed by atoms with Gasteiger partial charge in [0.15, 0.2) is 0 Å². The average Bonchev–Trinajstić information content (AvgIpc) is 3.37. The van der Waals surface area contributed by atoms with Crippen LogP contribution in [0.5, 0.6) is 11.5 Å². The minimum Gasteiger partial charge on any atom is -0.497 e. The summed E-state index contributed by atoms with van der Waals surface area (Å²) in [7, 11) is 3.25. The van der Waals surface area contributed by atoms with E-state index in [0.717, 1.165) is 16.7 Å². The zero-order chi connectivity index (χ0) is 37.0. The lowest BCUT2D eigenvalue weighted by molar-refractivity contribution is -0.217. The van der Waals surface area contributed by atoms with Gasteiger partial charge in [-0.1, -0.05) is 72.8 Å². The summed E-state index contributed by atoms with van der Waals surface area (Å²) in [5, 5.41) is 14.7. The predicted molar refractivity (Wildman–Crippen MR) is 199 cm³/mol. The van der Waals surface area contributed by atoms with E-state index in [4.69, 9.17) is 23.7 Å². The van der Waals surface area contributed by atoms with Crippen LogP contribution in [0.2, 0.25) is 0 Å². The number of ether oxygens (including phenoxy) is 5. The first-order chi connectivity index (χ1) is 25.8. The zero-order valence-corrected chi connectivity index (χ0v) is 29.9. The Kier molecular flexibility index (Phi) is 10.7. The molecule has 274 valence electrons. The van der Waals surface area contributed by atoms with Crippen molar-refractivity contribution in [1.82, 2.24) is 9.55 Å². The topological polar surface area (TPSA) is 130 Å². The smallest absolute Gasteiger partial charge is 0.349 e. The third kappa shape index (κ3) is 7.21. The molecular weight excluding hydrogens is 674 g/mol. The number of aromatic nitrogens is 2. The summed E-state index contributed by atoms with van der Waals surface area (Å²) in [5.41, 5.74) is 1.89. The second-order valence-electron chi connectivity index (χ2n) is 13.3. The third-order valence-electron chi connectivity index (χ3n) is 10.1. The number of benzene rings is 4. The molecule has 0 radical (unpaired) electrons. The Morgan fingerprint density at radius 2 is 1.47 bits per heavy atom. The van der Waals surface area contributed by atoms with E-state index in [9.17, 15) is 14.7 Å². The van der Waals surface area contributed by atoms with E-state index in [2.05, 4.69) is 10.3 Å². The van der Waals surface area contributed by atoms with Crippen LogP contribution in [-0.4, -0.2) is 72.4 Å². The van der Waals surface area contributed by atoms with Crippen molar-refractivity contribution in [3.63, 3.8) is 0 Å². The van der Waals surface area contributed by atoms with Gasteiger partial charge in [-0.05, 0) is 72.9 Å². The molecule has 2 aliphatic rings. The number of nitrogens with zero attached hydrogens (tertiary/aromatic N) is 2. The fourth-order valence-electron chi connectivity index (χ4n) is 7.38. The van der Waals surface area contributed by atoms with Crippen LogP contribution < -0.4 is 20.5 Å². The van der Waals surface area contributed by atoms with E-state index in [-0.39, 0.29) is 18.3 Å². The normalized spacial score (nSPS) is 21.3. The van der Waals surface area contributed by atoms with Crippen LogP contribution in [0, 0.1) is 6.92 Å². The molecule has 0 saturated carbocycles. The second-order valence-corrected chi connectivity index (χ2v) is 13.3. The molecule has 4 aromatic carbocycles. The summed E-state index contributed by atoms with van der Waals surface area (Å²) < 4.78 is 32.5. The number of fused-ring (bicyclic) bond motifs is 2. The highest BCUT2D eigenvalue weighted by molar-refractivity contribution is 6.04. The Labute approximate surface area is 308 Å². The molecule has 0 aliphatic carbocycles. The molecule has 53 heavy (non-hydrogen) atoms. The van der Waals surface area contributed by atoms with Crippen molar-refractivity contribution in [1.29, 1.82) is 0 Å². The Hall–Kier alpha value is -5.33. The molecule has 11 heteroatoms. The maximum absolute atomic E-state index is 13.6. The van der Waals surface area contributed by atoms with Crippen LogP contribution in [0.3, 0.4) is 0 Å². The number of aliphatic hydroxyl groups excluding tert-OH is 1. The second kappa shape index (κ2) is 15.7. The summed E-state index contributed by atoms with van der Waals surface area (Å²) in [6.45, 7) is 2.16. The number of amides is 1. The molecule has 2 saturated heterocycles. The highest BCUT2D eigenvalue weighted by atomic mass is 16.6. The summed E-state index contributed by atoms with van der Waals surface area (Å²) in [4.78, 5) is 30.7. The Morgan fingerprint density at radius 3 is 2.08 bits per heavy atom. The first-order valence-corrected chi connectivity index (χ1v) is 17.7. The van der Waals surface area contributed by atoms with Gasteiger partial charge in [0.2, 0.25) is 0 Å². The molecule has 2 N–H and O–H groups in total. The van der Waals surface area contributed by atoms with Crippen molar-refractivity contribution in [2.24, 2.45) is 0 Å². The van der Waals surface area contributed by atoms with Gasteiger partial charge in [0, 0.05) is 23.9 Å². The van der Waals surface area contributed by atoms with Crippen molar-refractivity contribution in [3.05, 3.63) is 154 Å². The van der Waals surface area contributed by atoms with Gasteiger partial charge in [0.25, 0.3) is 5.91 Å². The van der Waals surface area contributed by atoms with Crippen LogP contribution in [0.4, 0.5) is 5.82 Å². The zero-order valence-electron chi connectivity index (χ0n) is 29.9. The SMILES string of the molecule is COc1ccc(C(OC[C@H]2OC3CCCOC([C@@H]3n3cc(C)c(NC(=O)c4ccccc4)nc3=O)[C@H]2O)(c2ccccc2)c2ccc(OC)cc2)cc1. The van der Waals surface area contributed by atoms with Gasteiger partial charge < -0.3 is 34.1 Å². The summed E-state index contributed by atoms with van der Waals surface area (Å²) in [6, 6.07) is 33.4. The quantitative estimate of drug-likeness (QED) is 0.166. The summed E-state index contributed by atoms with van der Waals surface area (Å²) >= 11 is 0. The van der Waals surface area contributed by atoms with Crippen LogP contribution in [0.15, 0.2) is 120 Å². The fourth-order valence-corrected chi connectivity index (χ4v) is 7.38. The van der Waals surface area contributed by atoms with Crippen molar-refractivity contribution in [2.75, 3.05) is 32.8 Å². The monoisotopic (exact) mass is 717 g/mol. The number of anilines is 1. The van der Waals surface area contributed by atoms with E-state index < -0.39 is 41.7 Å². The summed E-state index contributed by atoms with van der Waals surface area (Å²) in [6.07, 6.45) is -0.319. The van der Waals surface area contributed by atoms with Crippen molar-refractivity contribution in [2.45, 2.75) is 55.8 Å². The molecule has 5 atom stereocenters. The lowest BCUT2D eigenvalue weighted by atomic mass is 9.80. The molecule has 2 aliphatic heterocycles. The molecule has 2 bridgehead atoms. The van der Waals surface area contributed by atoms with Crippen LogP contribution >= 0.6 is 0 Å². The standard InChI is InChI=1S/C42H43N3O8/c1-27-25-45(41(48)44-39(27)43-40(47)28-11-6-4-7-12-28)36-34-15-10-24-51-38(36)37(46)35(53-34)26-52-42(29-13-8-5-9-14-29,30-16-20-32(49-2)21-17-30)31-18-22-33(50-3)23-19-31/h4-9,11-14,16-23,25,34-38,46H,10,15,24,26H2,1-3H3,(H,43,44,47,48)/t34?,35-,36-,37+,38?/m1/s1. The highest BCUT2D eigenvalue weighted by Gasteiger charge is 2.50. The van der Waals surface area contributed by atoms with Crippen molar-refractivity contribution in [3.8, 4) is 11.5 Å². The molecular formula is C42H43N3O8. The van der Waals surface area contributed by atoms with Gasteiger partial charge in [-0.3, -0.25) is 9.36 Å². The van der Waals surface area contributed by atoms with Gasteiger partial charge >= 0.3 is 5.69 Å². The maximum atomic E-state index is 13.6. The number of methoxy groups -OCH3 is 2. The molecule has 1 amide bonds. The molecule has 0 spiro atoms. The average molecular weight is 718 g/mol. The van der Waals surface area contributed by atoms with Crippen LogP contribution in [-0.2, 0) is 19.8 Å². The first-order valence-electron chi connectivity index (χ1n) is 17.7. The lowest BCUT2D eigenvalue weighted by Gasteiger charge is -2.45. The predicted octanol–water partition coefficient (Wildman–Crippen LogP) is 5.68. The molecule has 1 aromatic heterocycles. The van der Waals surface area contributed by atoms with Gasteiger partial charge in [-0.2, -0.15) is 4.98 Å². The van der Waals surface area contributed by atoms with Crippen LogP contribution in [0.1, 0.15) is 51.5 Å². The molecule has 5 aromatic rings. The first kappa shape index (κ1) is 36.0. The molecule has 2 unspecified atom stereocenters. The number of nitrogens with one attached hydrogen (secondary N) is 1. The number of hydrogen-bond donors (Lipinski definition) is 2. The van der Waals surface area contributed by atoms with E-state index in [1.165, 1.54) is 4.57 Å². The van der Waals surface area contributed by atoms with E-state index >= 15 is 0 Å². The van der Waals surface area contributed by atoms with Crippen LogP contribution in [0.25, 0.3) is 0 Å². The number of rotatable bonds is 11. The number of aryl methyl sites for hydroxylation is 1. The van der Waals surface area contributed by atoms with Crippen molar-refractivity contribution >= 4 is 11.7 Å². The van der Waals surface area contributed by atoms with Gasteiger partial charge in [0.05, 0.1) is 33.0 Å². The Morgan fingerprint density at radius 1 is 0.887 bits per heavy atom. The minimum absolute atomic E-state index is 0.00612. The Balaban J connectivity index is 1.20. The lowest BCUT2D eigenvalue weighted by Crippen LogP contribution is -2.58. The van der Waals surface area contributed by atoms with Gasteiger partial charge in [-0.15, -0.1) is 0 Å². The largest absolute Gasteiger partial charge is 0.497 e. The maximum Gasteiger partial charge on any atom is 0.349 e. The summed E-state index contributed by atoms with van der Waals surface area (Å²) in [5.74, 6) is 1.21. The highest BCUT2D eigenvalue weighted by Crippen LogP contribution is 2.43. The van der Waals surface area contributed by atoms with E-state index in [1.54, 1.807) is 51.6 Å². The number of aliphatic hydroxyl groups is 1. The Bertz CT molecular complexity index is 2010. The molecule has 7 rings (SSSR count). The molecule has 2 fully saturated rings. The molecule has 3 heterocycles.